The lowest BCUT2D eigenvalue weighted by Crippen LogP contribution is -2.31. The Labute approximate surface area is 277 Å². The van der Waals surface area contributed by atoms with Crippen LogP contribution in [0.4, 0.5) is 17.1 Å². The zero-order valence-electron chi connectivity index (χ0n) is 26.7. The Hall–Kier alpha value is -5.66. The number of anilines is 3. The normalized spacial score (nSPS) is 14.9. The van der Waals surface area contributed by atoms with E-state index < -0.39 is 5.41 Å². The second kappa shape index (κ2) is 10.4. The van der Waals surface area contributed by atoms with Gasteiger partial charge in [-0.15, -0.1) is 0 Å². The molecule has 0 bridgehead atoms. The van der Waals surface area contributed by atoms with Gasteiger partial charge in [-0.05, 0) is 86.0 Å². The van der Waals surface area contributed by atoms with Crippen molar-refractivity contribution in [2.24, 2.45) is 0 Å². The first-order chi connectivity index (χ1) is 23.1. The van der Waals surface area contributed by atoms with E-state index in [1.807, 2.05) is 0 Å². The first-order valence-electron chi connectivity index (χ1n) is 16.5. The van der Waals surface area contributed by atoms with Gasteiger partial charge in [-0.2, -0.15) is 0 Å². The molecule has 1 heteroatoms. The van der Waals surface area contributed by atoms with Crippen LogP contribution >= 0.6 is 0 Å². The molecule has 0 unspecified atom stereocenters. The molecule has 1 nitrogen and oxygen atoms in total. The van der Waals surface area contributed by atoms with E-state index in [1.54, 1.807) is 0 Å². The van der Waals surface area contributed by atoms with Gasteiger partial charge < -0.3 is 4.90 Å². The topological polar surface area (TPSA) is 3.24 Å². The van der Waals surface area contributed by atoms with E-state index in [0.29, 0.717) is 0 Å². The molecular formula is C46H35N. The summed E-state index contributed by atoms with van der Waals surface area (Å²) in [5, 5.41) is 0. The standard InChI is InChI=1S/C46H35N/c1-45(2)40-24-14-15-25-43(40)47(44-29-26-33(30-42(44)45)32-16-6-3-7-17-32)36-27-28-38-37-22-12-13-23-39(37)46(41(38)31-36,34-18-8-4-9-19-34)35-20-10-5-11-21-35/h3-31H,1-2H3. The van der Waals surface area contributed by atoms with Crippen molar-refractivity contribution in [1.82, 2.24) is 0 Å². The molecule has 0 fully saturated rings. The number of hydrogen-bond donors (Lipinski definition) is 0. The molecule has 0 saturated heterocycles. The maximum Gasteiger partial charge on any atom is 0.0714 e. The molecule has 0 radical (unpaired) electrons. The summed E-state index contributed by atoms with van der Waals surface area (Å²) in [4.78, 5) is 2.49. The van der Waals surface area contributed by atoms with E-state index in [2.05, 4.69) is 195 Å². The van der Waals surface area contributed by atoms with Crippen LogP contribution in [0.1, 0.15) is 47.2 Å². The molecule has 1 heterocycles. The zero-order valence-corrected chi connectivity index (χ0v) is 26.7. The van der Waals surface area contributed by atoms with Gasteiger partial charge in [0, 0.05) is 11.1 Å². The Morgan fingerprint density at radius 2 is 0.936 bits per heavy atom. The van der Waals surface area contributed by atoms with Crippen molar-refractivity contribution in [3.8, 4) is 22.3 Å². The van der Waals surface area contributed by atoms with Gasteiger partial charge in [-0.25, -0.2) is 0 Å². The third-order valence-corrected chi connectivity index (χ3v) is 10.5. The number of benzene rings is 7. The number of rotatable bonds is 4. The quantitative estimate of drug-likeness (QED) is 0.194. The van der Waals surface area contributed by atoms with Crippen LogP contribution in [0.5, 0.6) is 0 Å². The summed E-state index contributed by atoms with van der Waals surface area (Å²) in [6, 6.07) is 65.0. The highest BCUT2D eigenvalue weighted by Crippen LogP contribution is 2.58. The second-order valence-electron chi connectivity index (χ2n) is 13.3. The van der Waals surface area contributed by atoms with Gasteiger partial charge >= 0.3 is 0 Å². The molecule has 9 rings (SSSR count). The van der Waals surface area contributed by atoms with Gasteiger partial charge in [0.05, 0.1) is 16.8 Å². The van der Waals surface area contributed by atoms with Gasteiger partial charge in [0.2, 0.25) is 0 Å². The van der Waals surface area contributed by atoms with Gasteiger partial charge in [0.15, 0.2) is 0 Å². The van der Waals surface area contributed by atoms with Crippen LogP contribution in [-0.2, 0) is 10.8 Å². The van der Waals surface area contributed by atoms with Crippen molar-refractivity contribution in [3.63, 3.8) is 0 Å². The summed E-state index contributed by atoms with van der Waals surface area (Å²) in [5.41, 5.74) is 16.0. The van der Waals surface area contributed by atoms with Gasteiger partial charge in [0.1, 0.15) is 0 Å². The second-order valence-corrected chi connectivity index (χ2v) is 13.3. The predicted octanol–water partition coefficient (Wildman–Crippen LogP) is 11.8. The van der Waals surface area contributed by atoms with Crippen LogP contribution in [0.25, 0.3) is 22.3 Å². The SMILES string of the molecule is CC1(C)c2ccccc2N(c2ccc3c(c2)C(c2ccccc2)(c2ccccc2)c2ccccc2-3)c2ccc(-c3ccccc3)cc21. The monoisotopic (exact) mass is 601 g/mol. The zero-order chi connectivity index (χ0) is 31.6. The molecule has 0 amide bonds. The fourth-order valence-corrected chi connectivity index (χ4v) is 8.36. The van der Waals surface area contributed by atoms with Crippen molar-refractivity contribution in [1.29, 1.82) is 0 Å². The lowest BCUT2D eigenvalue weighted by Gasteiger charge is -2.42. The van der Waals surface area contributed by atoms with Crippen molar-refractivity contribution >= 4 is 17.1 Å². The summed E-state index contributed by atoms with van der Waals surface area (Å²) in [7, 11) is 0. The van der Waals surface area contributed by atoms with Crippen molar-refractivity contribution < 1.29 is 0 Å². The Bertz CT molecular complexity index is 2230. The lowest BCUT2D eigenvalue weighted by atomic mass is 9.67. The van der Waals surface area contributed by atoms with Gasteiger partial charge in [0.25, 0.3) is 0 Å². The highest BCUT2D eigenvalue weighted by molar-refractivity contribution is 5.92. The first-order valence-corrected chi connectivity index (χ1v) is 16.5. The molecule has 0 spiro atoms. The number of fused-ring (bicyclic) bond motifs is 5. The first kappa shape index (κ1) is 27.6. The van der Waals surface area contributed by atoms with Crippen LogP contribution in [0.2, 0.25) is 0 Å². The summed E-state index contributed by atoms with van der Waals surface area (Å²) >= 11 is 0. The summed E-state index contributed by atoms with van der Waals surface area (Å²) in [6.07, 6.45) is 0. The third-order valence-electron chi connectivity index (χ3n) is 10.5. The smallest absolute Gasteiger partial charge is 0.0714 e. The summed E-state index contributed by atoms with van der Waals surface area (Å²) in [6.45, 7) is 4.73. The van der Waals surface area contributed by atoms with Gasteiger partial charge in [-0.3, -0.25) is 0 Å². The van der Waals surface area contributed by atoms with Crippen LogP contribution < -0.4 is 4.90 Å². The van der Waals surface area contributed by atoms with Crippen LogP contribution in [0.3, 0.4) is 0 Å². The molecule has 0 aromatic heterocycles. The molecular weight excluding hydrogens is 567 g/mol. The number of nitrogens with zero attached hydrogens (tertiary/aromatic N) is 1. The van der Waals surface area contributed by atoms with E-state index in [9.17, 15) is 0 Å². The predicted molar refractivity (Wildman–Crippen MR) is 196 cm³/mol. The Morgan fingerprint density at radius 3 is 1.64 bits per heavy atom. The maximum atomic E-state index is 2.49. The highest BCUT2D eigenvalue weighted by atomic mass is 15.2. The summed E-state index contributed by atoms with van der Waals surface area (Å²) in [5.74, 6) is 0. The molecule has 0 atom stereocenters. The minimum Gasteiger partial charge on any atom is -0.310 e. The Kier molecular flexibility index (Phi) is 6.14. The molecule has 224 valence electrons. The third kappa shape index (κ3) is 3.96. The van der Waals surface area contributed by atoms with Crippen molar-refractivity contribution in [3.05, 3.63) is 209 Å². The van der Waals surface area contributed by atoms with E-state index in [4.69, 9.17) is 0 Å². The van der Waals surface area contributed by atoms with Crippen LogP contribution in [0, 0.1) is 0 Å². The van der Waals surface area contributed by atoms with E-state index in [1.165, 1.54) is 72.7 Å². The van der Waals surface area contributed by atoms with E-state index >= 15 is 0 Å². The average Bonchev–Trinajstić information content (AvgIpc) is 3.43. The minimum absolute atomic E-state index is 0.169. The number of hydrogen-bond acceptors (Lipinski definition) is 1. The molecule has 7 aromatic rings. The highest BCUT2D eigenvalue weighted by Gasteiger charge is 2.46. The van der Waals surface area contributed by atoms with Crippen molar-refractivity contribution in [2.45, 2.75) is 24.7 Å². The molecule has 0 saturated carbocycles. The van der Waals surface area contributed by atoms with Crippen LogP contribution in [-0.4, -0.2) is 0 Å². The lowest BCUT2D eigenvalue weighted by molar-refractivity contribution is 0.632. The molecule has 1 aliphatic carbocycles. The van der Waals surface area contributed by atoms with Crippen LogP contribution in [0.15, 0.2) is 176 Å². The maximum absolute atomic E-state index is 2.49. The molecule has 47 heavy (non-hydrogen) atoms. The largest absolute Gasteiger partial charge is 0.310 e. The number of para-hydroxylation sites is 1. The van der Waals surface area contributed by atoms with E-state index in [-0.39, 0.29) is 5.41 Å². The molecule has 2 aliphatic rings. The Balaban J connectivity index is 1.32. The minimum atomic E-state index is -0.445. The molecule has 0 N–H and O–H groups in total. The fourth-order valence-electron chi connectivity index (χ4n) is 8.36. The fraction of sp³-hybridized carbons (Fsp3) is 0.0870. The van der Waals surface area contributed by atoms with E-state index in [0.717, 1.165) is 0 Å². The molecule has 7 aromatic carbocycles. The van der Waals surface area contributed by atoms with Gasteiger partial charge in [-0.1, -0.05) is 159 Å². The Morgan fingerprint density at radius 1 is 0.383 bits per heavy atom. The summed E-state index contributed by atoms with van der Waals surface area (Å²) < 4.78 is 0. The average molecular weight is 602 g/mol. The molecule has 1 aliphatic heterocycles. The van der Waals surface area contributed by atoms with Crippen molar-refractivity contribution in [2.75, 3.05) is 4.90 Å².